The second-order valence-electron chi connectivity index (χ2n) is 11.1. The van der Waals surface area contributed by atoms with E-state index in [1.54, 1.807) is 49.5 Å². The van der Waals surface area contributed by atoms with Crippen molar-refractivity contribution in [3.63, 3.8) is 0 Å². The van der Waals surface area contributed by atoms with Gasteiger partial charge < -0.3 is 35.0 Å². The van der Waals surface area contributed by atoms with Gasteiger partial charge in [0.05, 0.1) is 35.7 Å². The first-order valence-electron chi connectivity index (χ1n) is 14.5. The van der Waals surface area contributed by atoms with Crippen molar-refractivity contribution in [3.8, 4) is 0 Å². The molecule has 0 aromatic rings. The fraction of sp³-hybridized carbons (Fsp3) is 0.562. The lowest BCUT2D eigenvalue weighted by molar-refractivity contribution is -0.272. The normalized spacial score (nSPS) is 32.6. The summed E-state index contributed by atoms with van der Waals surface area (Å²) < 4.78 is 11.0. The molecular weight excluding hydrogens is 599 g/mol. The third-order valence-corrected chi connectivity index (χ3v) is 8.48. The van der Waals surface area contributed by atoms with Gasteiger partial charge in [0.25, 0.3) is 0 Å². The van der Waals surface area contributed by atoms with Crippen LogP contribution in [0.2, 0.25) is 0 Å². The maximum Gasteiger partial charge on any atom is 0.331 e. The van der Waals surface area contributed by atoms with Crippen molar-refractivity contribution < 1.29 is 44.6 Å². The van der Waals surface area contributed by atoms with Crippen molar-refractivity contribution in [1.29, 1.82) is 0 Å². The molecular formula is C32H44Cl2O9. The van der Waals surface area contributed by atoms with Crippen molar-refractivity contribution in [2.45, 2.75) is 101 Å². The van der Waals surface area contributed by atoms with Crippen molar-refractivity contribution in [3.05, 3.63) is 71.4 Å². The number of hydrogen-bond donors (Lipinski definition) is 5. The van der Waals surface area contributed by atoms with E-state index < -0.39 is 65.5 Å². The van der Waals surface area contributed by atoms with E-state index >= 15 is 0 Å². The summed E-state index contributed by atoms with van der Waals surface area (Å²) in [5.74, 6) is -4.53. The molecule has 9 nitrogen and oxygen atoms in total. The highest BCUT2D eigenvalue weighted by Crippen LogP contribution is 2.36. The maximum atomic E-state index is 12.1. The molecule has 1 aliphatic heterocycles. The molecule has 0 bridgehead atoms. The molecule has 1 heterocycles. The fourth-order valence-electron chi connectivity index (χ4n) is 4.82. The van der Waals surface area contributed by atoms with Gasteiger partial charge in [-0.2, -0.15) is 0 Å². The van der Waals surface area contributed by atoms with E-state index in [0.29, 0.717) is 11.5 Å². The van der Waals surface area contributed by atoms with Gasteiger partial charge in [0.1, 0.15) is 6.10 Å². The molecule has 2 fully saturated rings. The maximum absolute atomic E-state index is 12.1. The molecule has 1 aliphatic carbocycles. The van der Waals surface area contributed by atoms with Crippen LogP contribution in [0.3, 0.4) is 0 Å². The number of carbonyl (C=O) groups is 2. The standard InChI is InChI=1S/C32H44Cl2O9/c1-4-5-13-27-30(34)26(37)19-32(41,43-27)18-25(36)21(3)23(33)12-8-6-10-20(2)11-7-9-14-29(38)42-28-17-22(31(39)40)15-16-24(28)35/h5-14,21-22,24-28,30,35-37,41H,4,15-19H2,1-3H3,(H,39,40)/b8-6+,11-7+,13-5+,14-9+,20-10+,23-12-. The minimum absolute atomic E-state index is 0.0867. The Morgan fingerprint density at radius 3 is 2.44 bits per heavy atom. The molecule has 43 heavy (non-hydrogen) atoms. The first kappa shape index (κ1) is 36.9. The largest absolute Gasteiger partial charge is 0.481 e. The average Bonchev–Trinajstić information content (AvgIpc) is 2.94. The van der Waals surface area contributed by atoms with Gasteiger partial charge in [-0.05, 0) is 32.3 Å². The Hall–Kier alpha value is -2.24. The molecule has 240 valence electrons. The summed E-state index contributed by atoms with van der Waals surface area (Å²) in [7, 11) is 0. The van der Waals surface area contributed by atoms with Gasteiger partial charge in [-0.25, -0.2) is 4.79 Å². The molecule has 2 aliphatic rings. The predicted octanol–water partition coefficient (Wildman–Crippen LogP) is 4.68. The van der Waals surface area contributed by atoms with Gasteiger partial charge in [0, 0.05) is 36.3 Å². The topological polar surface area (TPSA) is 154 Å². The van der Waals surface area contributed by atoms with Gasteiger partial charge in [-0.15, -0.1) is 11.6 Å². The second-order valence-corrected chi connectivity index (χ2v) is 12.0. The van der Waals surface area contributed by atoms with Crippen LogP contribution in [-0.2, 0) is 19.1 Å². The highest BCUT2D eigenvalue weighted by atomic mass is 35.5. The molecule has 11 heteroatoms. The monoisotopic (exact) mass is 642 g/mol. The van der Waals surface area contributed by atoms with Crippen LogP contribution < -0.4 is 0 Å². The summed E-state index contributed by atoms with van der Waals surface area (Å²) in [4.78, 5) is 23.2. The number of alkyl halides is 1. The number of esters is 1. The number of halogens is 2. The Labute approximate surface area is 263 Å². The first-order chi connectivity index (χ1) is 20.3. The van der Waals surface area contributed by atoms with Crippen LogP contribution >= 0.6 is 23.2 Å². The fourth-order valence-corrected chi connectivity index (χ4v) is 5.26. The summed E-state index contributed by atoms with van der Waals surface area (Å²) in [6.07, 6.45) is 13.3. The number of carboxylic acid groups (broad SMARTS) is 1. The smallest absolute Gasteiger partial charge is 0.331 e. The third-order valence-electron chi connectivity index (χ3n) is 7.47. The zero-order valence-electron chi connectivity index (χ0n) is 24.8. The molecule has 0 amide bonds. The van der Waals surface area contributed by atoms with E-state index in [2.05, 4.69) is 0 Å². The van der Waals surface area contributed by atoms with Crippen LogP contribution in [0, 0.1) is 11.8 Å². The Balaban J connectivity index is 1.86. The summed E-state index contributed by atoms with van der Waals surface area (Å²) in [6, 6.07) is 0. The summed E-state index contributed by atoms with van der Waals surface area (Å²) in [5, 5.41) is 50.8. The highest BCUT2D eigenvalue weighted by Gasteiger charge is 2.45. The number of aliphatic hydroxyl groups is 4. The Kier molecular flexibility index (Phi) is 15.4. The van der Waals surface area contributed by atoms with Crippen LogP contribution in [0.15, 0.2) is 71.4 Å². The molecule has 0 spiro atoms. The zero-order valence-corrected chi connectivity index (χ0v) is 26.3. The van der Waals surface area contributed by atoms with Gasteiger partial charge >= 0.3 is 11.9 Å². The third kappa shape index (κ3) is 12.3. The first-order valence-corrected chi connectivity index (χ1v) is 15.3. The number of carbonyl (C=O) groups excluding carboxylic acids is 1. The van der Waals surface area contributed by atoms with Gasteiger partial charge in [0.15, 0.2) is 5.79 Å². The highest BCUT2D eigenvalue weighted by molar-refractivity contribution is 6.30. The number of ether oxygens (including phenoxy) is 2. The van der Waals surface area contributed by atoms with Crippen LogP contribution in [0.25, 0.3) is 0 Å². The second kappa shape index (κ2) is 17.9. The number of rotatable bonds is 13. The van der Waals surface area contributed by atoms with E-state index in [-0.39, 0.29) is 25.7 Å². The van der Waals surface area contributed by atoms with E-state index in [9.17, 15) is 30.0 Å². The lowest BCUT2D eigenvalue weighted by atomic mass is 9.85. The van der Waals surface area contributed by atoms with Gasteiger partial charge in [-0.1, -0.05) is 79.6 Å². The quantitative estimate of drug-likeness (QED) is 0.0633. The van der Waals surface area contributed by atoms with E-state index in [0.717, 1.165) is 12.0 Å². The number of carboxylic acids is 1. The van der Waals surface area contributed by atoms with Crippen molar-refractivity contribution in [2.75, 3.05) is 0 Å². The molecule has 9 atom stereocenters. The van der Waals surface area contributed by atoms with Crippen LogP contribution in [0.5, 0.6) is 0 Å². The van der Waals surface area contributed by atoms with E-state index in [4.69, 9.17) is 37.8 Å². The lowest BCUT2D eigenvalue weighted by Crippen LogP contribution is -2.53. The summed E-state index contributed by atoms with van der Waals surface area (Å²) in [6.45, 7) is 5.52. The number of hydrogen-bond acceptors (Lipinski definition) is 8. The molecule has 0 radical (unpaired) electrons. The molecule has 2 rings (SSSR count). The van der Waals surface area contributed by atoms with Crippen LogP contribution in [0.1, 0.15) is 59.3 Å². The van der Waals surface area contributed by atoms with Crippen molar-refractivity contribution in [1.82, 2.24) is 0 Å². The molecule has 9 unspecified atom stereocenters. The molecule has 0 aromatic heterocycles. The summed E-state index contributed by atoms with van der Waals surface area (Å²) in [5.41, 5.74) is 0.860. The molecule has 1 saturated heterocycles. The lowest BCUT2D eigenvalue weighted by Gasteiger charge is -2.42. The molecule has 5 N–H and O–H groups in total. The SMILES string of the molecule is CC/C=C/C1OC(O)(CC(O)C(C)/C(Cl)=C/C=C/C=C(C)/C=C/C=C/C(=O)OC2CC(C(=O)O)CCC2O)CC(O)C1Cl. The van der Waals surface area contributed by atoms with Crippen molar-refractivity contribution in [2.24, 2.45) is 11.8 Å². The summed E-state index contributed by atoms with van der Waals surface area (Å²) >= 11 is 12.6. The van der Waals surface area contributed by atoms with Crippen LogP contribution in [0.4, 0.5) is 0 Å². The minimum Gasteiger partial charge on any atom is -0.481 e. The number of aliphatic hydroxyl groups excluding tert-OH is 3. The number of aliphatic carboxylic acids is 1. The molecule has 1 saturated carbocycles. The van der Waals surface area contributed by atoms with Gasteiger partial charge in [0.2, 0.25) is 0 Å². The van der Waals surface area contributed by atoms with Crippen LogP contribution in [-0.4, -0.2) is 79.2 Å². The van der Waals surface area contributed by atoms with E-state index in [1.807, 2.05) is 19.9 Å². The van der Waals surface area contributed by atoms with Gasteiger partial charge in [-0.3, -0.25) is 4.79 Å². The predicted molar refractivity (Wildman–Crippen MR) is 165 cm³/mol. The average molecular weight is 644 g/mol. The molecule has 0 aromatic carbocycles. The Bertz CT molecular complexity index is 1110. The Morgan fingerprint density at radius 1 is 1.09 bits per heavy atom. The van der Waals surface area contributed by atoms with E-state index in [1.165, 1.54) is 12.2 Å². The van der Waals surface area contributed by atoms with Crippen molar-refractivity contribution >= 4 is 35.1 Å². The Morgan fingerprint density at radius 2 is 1.77 bits per heavy atom. The minimum atomic E-state index is -1.76. The number of allylic oxidation sites excluding steroid dienone is 9. The zero-order chi connectivity index (χ0) is 32.2.